The summed E-state index contributed by atoms with van der Waals surface area (Å²) >= 11 is 5.13. The van der Waals surface area contributed by atoms with Gasteiger partial charge in [0.15, 0.2) is 5.54 Å². The molecule has 0 amide bonds. The van der Waals surface area contributed by atoms with Crippen LogP contribution in [0.25, 0.3) is 0 Å². The van der Waals surface area contributed by atoms with Crippen molar-refractivity contribution < 1.29 is 23.1 Å². The molecule has 14 heavy (non-hydrogen) atoms. The molecule has 1 aliphatic rings. The Morgan fingerprint density at radius 2 is 2.00 bits per heavy atom. The molecule has 8 heteroatoms. The predicted molar refractivity (Wildman–Crippen MR) is 40.2 cm³/mol. The molecule has 1 heterocycles. The number of halogens is 4. The maximum atomic E-state index is 12.3. The molecule has 0 saturated carbocycles. The number of nitrogens with zero attached hydrogens (tertiary/aromatic N) is 2. The van der Waals surface area contributed by atoms with Crippen LogP contribution in [0.15, 0.2) is 10.2 Å². The summed E-state index contributed by atoms with van der Waals surface area (Å²) in [5.74, 6) is -1.48. The standard InChI is InChI=1S/C6H6ClF3N2O2/c1-4(3(13)14)2-5(7,12-11-4)6(8,9)10/h2H2,1H3,(H,13,14). The first kappa shape index (κ1) is 11.2. The van der Waals surface area contributed by atoms with E-state index in [0.29, 0.717) is 0 Å². The number of alkyl halides is 4. The molecule has 0 radical (unpaired) electrons. The van der Waals surface area contributed by atoms with E-state index in [9.17, 15) is 18.0 Å². The van der Waals surface area contributed by atoms with Crippen molar-refractivity contribution in [3.05, 3.63) is 0 Å². The summed E-state index contributed by atoms with van der Waals surface area (Å²) < 4.78 is 36.8. The van der Waals surface area contributed by atoms with Gasteiger partial charge in [0.2, 0.25) is 0 Å². The quantitative estimate of drug-likeness (QED) is 0.554. The maximum absolute atomic E-state index is 12.3. The fraction of sp³-hybridized carbons (Fsp3) is 0.833. The molecule has 2 unspecified atom stereocenters. The fourth-order valence-corrected chi connectivity index (χ4v) is 1.29. The minimum atomic E-state index is -4.80. The number of carboxylic acid groups (broad SMARTS) is 1. The third-order valence-electron chi connectivity index (χ3n) is 1.90. The van der Waals surface area contributed by atoms with Gasteiger partial charge in [0.1, 0.15) is 0 Å². The summed E-state index contributed by atoms with van der Waals surface area (Å²) in [5, 5.41) is 14.4. The van der Waals surface area contributed by atoms with Crippen molar-refractivity contribution in [3.8, 4) is 0 Å². The number of carboxylic acids is 1. The lowest BCUT2D eigenvalue weighted by Gasteiger charge is -2.22. The first-order valence-electron chi connectivity index (χ1n) is 3.54. The number of hydrogen-bond donors (Lipinski definition) is 1. The molecule has 2 atom stereocenters. The molecule has 0 fully saturated rings. The summed E-state index contributed by atoms with van der Waals surface area (Å²) in [7, 11) is 0. The first-order valence-corrected chi connectivity index (χ1v) is 3.92. The van der Waals surface area contributed by atoms with E-state index in [-0.39, 0.29) is 0 Å². The molecule has 0 aliphatic carbocycles. The van der Waals surface area contributed by atoms with E-state index in [0.717, 1.165) is 6.92 Å². The SMILES string of the molecule is CC1(C(=O)O)CC(Cl)(C(F)(F)F)N=N1. The van der Waals surface area contributed by atoms with Crippen molar-refractivity contribution in [3.63, 3.8) is 0 Å². The molecule has 0 bridgehead atoms. The minimum absolute atomic E-state index is 0.889. The van der Waals surface area contributed by atoms with Crippen molar-refractivity contribution in [1.82, 2.24) is 0 Å². The Kier molecular flexibility index (Phi) is 2.26. The topological polar surface area (TPSA) is 62.0 Å². The van der Waals surface area contributed by atoms with Crippen molar-refractivity contribution in [2.24, 2.45) is 10.2 Å². The van der Waals surface area contributed by atoms with Gasteiger partial charge >= 0.3 is 12.1 Å². The van der Waals surface area contributed by atoms with Gasteiger partial charge in [0, 0.05) is 6.42 Å². The van der Waals surface area contributed by atoms with E-state index in [1.54, 1.807) is 0 Å². The molecule has 80 valence electrons. The Hall–Kier alpha value is -0.850. The highest BCUT2D eigenvalue weighted by Gasteiger charge is 2.62. The first-order chi connectivity index (χ1) is 6.11. The second-order valence-electron chi connectivity index (χ2n) is 3.21. The van der Waals surface area contributed by atoms with E-state index in [1.165, 1.54) is 0 Å². The van der Waals surface area contributed by atoms with E-state index < -0.39 is 29.1 Å². The monoisotopic (exact) mass is 230 g/mol. The summed E-state index contributed by atoms with van der Waals surface area (Å²) in [6.07, 6.45) is -5.69. The molecular weight excluding hydrogens is 225 g/mol. The molecule has 1 rings (SSSR count). The molecule has 0 saturated heterocycles. The number of rotatable bonds is 1. The Labute approximate surface area is 81.8 Å². The molecule has 1 N–H and O–H groups in total. The lowest BCUT2D eigenvalue weighted by atomic mass is 9.95. The number of carbonyl (C=O) groups is 1. The Balaban J connectivity index is 2.97. The van der Waals surface area contributed by atoms with Gasteiger partial charge in [-0.3, -0.25) is 0 Å². The summed E-state index contributed by atoms with van der Waals surface area (Å²) in [5.41, 5.74) is -1.89. The molecule has 1 aliphatic heterocycles. The van der Waals surface area contributed by atoms with Gasteiger partial charge in [-0.2, -0.15) is 23.4 Å². The van der Waals surface area contributed by atoms with Crippen LogP contribution in [0.5, 0.6) is 0 Å². The predicted octanol–water partition coefficient (Wildman–Crippen LogP) is 2.18. The Morgan fingerprint density at radius 3 is 2.21 bits per heavy atom. The second kappa shape index (κ2) is 2.82. The third-order valence-corrected chi connectivity index (χ3v) is 2.33. The molecule has 0 aromatic carbocycles. The van der Waals surface area contributed by atoms with Crippen LogP contribution in [0.1, 0.15) is 13.3 Å². The van der Waals surface area contributed by atoms with Gasteiger partial charge in [-0.05, 0) is 6.92 Å². The van der Waals surface area contributed by atoms with Crippen molar-refractivity contribution in [2.75, 3.05) is 0 Å². The highest BCUT2D eigenvalue weighted by Crippen LogP contribution is 2.48. The van der Waals surface area contributed by atoms with E-state index in [4.69, 9.17) is 16.7 Å². The largest absolute Gasteiger partial charge is 0.479 e. The minimum Gasteiger partial charge on any atom is -0.479 e. The highest BCUT2D eigenvalue weighted by atomic mass is 35.5. The second-order valence-corrected chi connectivity index (χ2v) is 3.84. The lowest BCUT2D eigenvalue weighted by molar-refractivity contribution is -0.163. The van der Waals surface area contributed by atoms with E-state index in [2.05, 4.69) is 10.2 Å². The summed E-state index contributed by atoms with van der Waals surface area (Å²) in [6.45, 7) is 1.04. The average molecular weight is 231 g/mol. The van der Waals surface area contributed by atoms with Crippen LogP contribution in [-0.2, 0) is 4.79 Å². The van der Waals surface area contributed by atoms with Crippen LogP contribution in [0, 0.1) is 0 Å². The van der Waals surface area contributed by atoms with Crippen molar-refractivity contribution in [1.29, 1.82) is 0 Å². The number of azo groups is 1. The highest BCUT2D eigenvalue weighted by molar-refractivity contribution is 6.24. The molecule has 0 aromatic rings. The molecule has 0 aromatic heterocycles. The van der Waals surface area contributed by atoms with Crippen LogP contribution < -0.4 is 0 Å². The van der Waals surface area contributed by atoms with Crippen LogP contribution >= 0.6 is 11.6 Å². The van der Waals surface area contributed by atoms with Gasteiger partial charge in [-0.25, -0.2) is 4.79 Å². The molecule has 4 nitrogen and oxygen atoms in total. The summed E-state index contributed by atoms with van der Waals surface area (Å²) in [6, 6.07) is 0. The Morgan fingerprint density at radius 1 is 1.50 bits per heavy atom. The van der Waals surface area contributed by atoms with Crippen molar-refractivity contribution in [2.45, 2.75) is 30.1 Å². The van der Waals surface area contributed by atoms with E-state index >= 15 is 0 Å². The van der Waals surface area contributed by atoms with Crippen molar-refractivity contribution >= 4 is 17.6 Å². The zero-order chi connectivity index (χ0) is 11.2. The van der Waals surface area contributed by atoms with Crippen LogP contribution in [0.3, 0.4) is 0 Å². The number of hydrogen-bond acceptors (Lipinski definition) is 3. The fourth-order valence-electron chi connectivity index (χ4n) is 0.992. The number of aliphatic carboxylic acids is 1. The normalized spacial score (nSPS) is 37.5. The zero-order valence-electron chi connectivity index (χ0n) is 6.97. The lowest BCUT2D eigenvalue weighted by Crippen LogP contribution is -2.42. The van der Waals surface area contributed by atoms with Gasteiger partial charge < -0.3 is 5.11 Å². The van der Waals surface area contributed by atoms with Gasteiger partial charge in [-0.15, -0.1) is 0 Å². The zero-order valence-corrected chi connectivity index (χ0v) is 7.72. The average Bonchev–Trinajstić information content (AvgIpc) is 2.28. The smallest absolute Gasteiger partial charge is 0.429 e. The Bertz CT molecular complexity index is 306. The van der Waals surface area contributed by atoms with Gasteiger partial charge in [0.05, 0.1) is 0 Å². The van der Waals surface area contributed by atoms with Crippen LogP contribution in [-0.4, -0.2) is 27.8 Å². The van der Waals surface area contributed by atoms with Gasteiger partial charge in [-0.1, -0.05) is 11.6 Å². The maximum Gasteiger partial charge on any atom is 0.429 e. The molecular formula is C6H6ClF3N2O2. The molecule has 0 spiro atoms. The van der Waals surface area contributed by atoms with Gasteiger partial charge in [0.25, 0.3) is 5.00 Å². The van der Waals surface area contributed by atoms with Crippen LogP contribution in [0.4, 0.5) is 13.2 Å². The van der Waals surface area contributed by atoms with Crippen LogP contribution in [0.2, 0.25) is 0 Å². The third kappa shape index (κ3) is 1.56. The summed E-state index contributed by atoms with van der Waals surface area (Å²) in [4.78, 5) is 7.66. The van der Waals surface area contributed by atoms with E-state index in [1.807, 2.05) is 0 Å².